The van der Waals surface area contributed by atoms with E-state index >= 15 is 0 Å². The maximum absolute atomic E-state index is 12.0. The molecular formula is C14H16O6. The van der Waals surface area contributed by atoms with Crippen molar-refractivity contribution in [1.82, 2.24) is 0 Å². The topological polar surface area (TPSA) is 77.7 Å². The minimum atomic E-state index is -0.494. The standard InChI is InChI=1S/C14H16O6/c15-13(19-7-9-5-17-9)11-3-1-2-4-12(11)14(16)20-8-10-6-18-10/h3-4,9-10H,1-2,5-8H2. The van der Waals surface area contributed by atoms with Crippen LogP contribution in [0.15, 0.2) is 23.3 Å². The van der Waals surface area contributed by atoms with Crippen molar-refractivity contribution >= 4 is 11.9 Å². The van der Waals surface area contributed by atoms with Crippen molar-refractivity contribution in [2.45, 2.75) is 25.0 Å². The lowest BCUT2D eigenvalue weighted by Gasteiger charge is -2.14. The molecule has 2 heterocycles. The van der Waals surface area contributed by atoms with Gasteiger partial charge in [0.05, 0.1) is 24.4 Å². The van der Waals surface area contributed by atoms with Gasteiger partial charge in [-0.15, -0.1) is 0 Å². The van der Waals surface area contributed by atoms with Crippen LogP contribution in [0.5, 0.6) is 0 Å². The molecule has 20 heavy (non-hydrogen) atoms. The van der Waals surface area contributed by atoms with Crippen LogP contribution in [-0.2, 0) is 28.5 Å². The summed E-state index contributed by atoms with van der Waals surface area (Å²) in [4.78, 5) is 24.0. The number of esters is 2. The second-order valence-corrected chi connectivity index (χ2v) is 4.92. The van der Waals surface area contributed by atoms with Gasteiger partial charge in [-0.25, -0.2) is 9.59 Å². The molecule has 2 saturated heterocycles. The highest BCUT2D eigenvalue weighted by molar-refractivity contribution is 6.07. The van der Waals surface area contributed by atoms with Crippen molar-refractivity contribution in [2.75, 3.05) is 26.4 Å². The fourth-order valence-corrected chi connectivity index (χ4v) is 1.88. The number of hydrogen-bond donors (Lipinski definition) is 0. The normalized spacial score (nSPS) is 27.2. The maximum Gasteiger partial charge on any atom is 0.338 e. The first-order valence-corrected chi connectivity index (χ1v) is 6.72. The van der Waals surface area contributed by atoms with E-state index in [0.29, 0.717) is 37.2 Å². The zero-order valence-electron chi connectivity index (χ0n) is 11.0. The average Bonchev–Trinajstić information content (AvgIpc) is 3.36. The van der Waals surface area contributed by atoms with Crippen LogP contribution >= 0.6 is 0 Å². The van der Waals surface area contributed by atoms with Gasteiger partial charge in [-0.05, 0) is 12.8 Å². The lowest BCUT2D eigenvalue weighted by Crippen LogP contribution is -2.21. The largest absolute Gasteiger partial charge is 0.459 e. The number of carbonyl (C=O) groups excluding carboxylic acids is 2. The van der Waals surface area contributed by atoms with Gasteiger partial charge in [-0.1, -0.05) is 12.2 Å². The summed E-state index contributed by atoms with van der Waals surface area (Å²) in [5.74, 6) is -0.989. The first kappa shape index (κ1) is 13.3. The third kappa shape index (κ3) is 3.46. The Labute approximate surface area is 116 Å². The molecular weight excluding hydrogens is 264 g/mol. The summed E-state index contributed by atoms with van der Waals surface area (Å²) in [6, 6.07) is 0. The van der Waals surface area contributed by atoms with E-state index in [9.17, 15) is 9.59 Å². The SMILES string of the molecule is O=C(OCC1CO1)C1=CCCC=C1C(=O)OCC1CO1. The molecule has 6 nitrogen and oxygen atoms in total. The number of allylic oxidation sites excluding steroid dienone is 2. The average molecular weight is 280 g/mol. The summed E-state index contributed by atoms with van der Waals surface area (Å²) in [7, 11) is 0. The Bertz CT molecular complexity index is 426. The van der Waals surface area contributed by atoms with Gasteiger partial charge in [0.2, 0.25) is 0 Å². The molecule has 0 radical (unpaired) electrons. The first-order valence-electron chi connectivity index (χ1n) is 6.72. The van der Waals surface area contributed by atoms with Gasteiger partial charge in [-0.2, -0.15) is 0 Å². The summed E-state index contributed by atoms with van der Waals surface area (Å²) in [6.45, 7) is 1.71. The van der Waals surface area contributed by atoms with Gasteiger partial charge in [0.1, 0.15) is 25.4 Å². The third-order valence-electron chi connectivity index (χ3n) is 3.20. The molecule has 0 spiro atoms. The molecule has 0 aromatic rings. The quantitative estimate of drug-likeness (QED) is 0.521. The summed E-state index contributed by atoms with van der Waals surface area (Å²) < 4.78 is 20.2. The van der Waals surface area contributed by atoms with Crippen LogP contribution in [0.25, 0.3) is 0 Å². The van der Waals surface area contributed by atoms with Gasteiger partial charge in [0.25, 0.3) is 0 Å². The van der Waals surface area contributed by atoms with Crippen LogP contribution in [0.1, 0.15) is 12.8 Å². The molecule has 2 fully saturated rings. The molecule has 2 unspecified atom stereocenters. The molecule has 2 atom stereocenters. The fourth-order valence-electron chi connectivity index (χ4n) is 1.88. The van der Waals surface area contributed by atoms with E-state index in [1.165, 1.54) is 0 Å². The van der Waals surface area contributed by atoms with Gasteiger partial charge in [0, 0.05) is 0 Å². The number of carbonyl (C=O) groups is 2. The summed E-state index contributed by atoms with van der Waals surface area (Å²) in [5.41, 5.74) is 0.581. The fraction of sp³-hybridized carbons (Fsp3) is 0.571. The molecule has 0 amide bonds. The minimum Gasteiger partial charge on any atom is -0.459 e. The molecule has 6 heteroatoms. The van der Waals surface area contributed by atoms with Crippen molar-refractivity contribution in [2.24, 2.45) is 0 Å². The van der Waals surface area contributed by atoms with E-state index in [4.69, 9.17) is 18.9 Å². The van der Waals surface area contributed by atoms with Crippen molar-refractivity contribution in [3.05, 3.63) is 23.3 Å². The Morgan fingerprint density at radius 2 is 1.35 bits per heavy atom. The molecule has 0 N–H and O–H groups in total. The van der Waals surface area contributed by atoms with E-state index < -0.39 is 11.9 Å². The highest BCUT2D eigenvalue weighted by Crippen LogP contribution is 2.23. The molecule has 3 rings (SSSR count). The Kier molecular flexibility index (Phi) is 3.84. The van der Waals surface area contributed by atoms with Crippen molar-refractivity contribution in [1.29, 1.82) is 0 Å². The third-order valence-corrected chi connectivity index (χ3v) is 3.20. The van der Waals surface area contributed by atoms with Crippen LogP contribution in [0.3, 0.4) is 0 Å². The molecule has 0 bridgehead atoms. The number of rotatable bonds is 6. The van der Waals surface area contributed by atoms with Crippen LogP contribution in [0, 0.1) is 0 Å². The molecule has 0 aromatic heterocycles. The van der Waals surface area contributed by atoms with Gasteiger partial charge < -0.3 is 18.9 Å². The zero-order valence-corrected chi connectivity index (χ0v) is 11.0. The van der Waals surface area contributed by atoms with Gasteiger partial charge in [-0.3, -0.25) is 0 Å². The molecule has 3 aliphatic rings. The predicted octanol–water partition coefficient (Wildman–Crippen LogP) is 0.517. The summed E-state index contributed by atoms with van der Waals surface area (Å²) in [6.07, 6.45) is 4.89. The Hall–Kier alpha value is -1.66. The Balaban J connectivity index is 1.57. The molecule has 108 valence electrons. The predicted molar refractivity (Wildman–Crippen MR) is 66.8 cm³/mol. The monoisotopic (exact) mass is 280 g/mol. The summed E-state index contributed by atoms with van der Waals surface area (Å²) in [5, 5.41) is 0. The highest BCUT2D eigenvalue weighted by Gasteiger charge is 2.30. The van der Waals surface area contributed by atoms with E-state index in [-0.39, 0.29) is 25.4 Å². The van der Waals surface area contributed by atoms with Crippen molar-refractivity contribution in [3.8, 4) is 0 Å². The Morgan fingerprint density at radius 3 is 1.70 bits per heavy atom. The van der Waals surface area contributed by atoms with Crippen LogP contribution in [0.2, 0.25) is 0 Å². The van der Waals surface area contributed by atoms with Crippen molar-refractivity contribution in [3.63, 3.8) is 0 Å². The highest BCUT2D eigenvalue weighted by atomic mass is 16.6. The minimum absolute atomic E-state index is 0.00883. The van der Waals surface area contributed by atoms with Gasteiger partial charge in [0.15, 0.2) is 0 Å². The number of hydrogen-bond acceptors (Lipinski definition) is 6. The second-order valence-electron chi connectivity index (χ2n) is 4.92. The zero-order chi connectivity index (χ0) is 13.9. The molecule has 0 aromatic carbocycles. The van der Waals surface area contributed by atoms with Crippen molar-refractivity contribution < 1.29 is 28.5 Å². The van der Waals surface area contributed by atoms with Crippen LogP contribution in [0.4, 0.5) is 0 Å². The van der Waals surface area contributed by atoms with E-state index in [1.807, 2.05) is 0 Å². The van der Waals surface area contributed by atoms with Gasteiger partial charge >= 0.3 is 11.9 Å². The first-order chi connectivity index (χ1) is 9.74. The lowest BCUT2D eigenvalue weighted by molar-refractivity contribution is -0.143. The summed E-state index contributed by atoms with van der Waals surface area (Å²) >= 11 is 0. The van der Waals surface area contributed by atoms with Crippen LogP contribution < -0.4 is 0 Å². The Morgan fingerprint density at radius 1 is 0.950 bits per heavy atom. The second kappa shape index (κ2) is 5.76. The number of epoxide rings is 2. The van der Waals surface area contributed by atoms with E-state index in [1.54, 1.807) is 12.2 Å². The maximum atomic E-state index is 12.0. The molecule has 1 aliphatic carbocycles. The molecule has 0 saturated carbocycles. The smallest absolute Gasteiger partial charge is 0.338 e. The molecule has 2 aliphatic heterocycles. The number of ether oxygens (including phenoxy) is 4. The lowest BCUT2D eigenvalue weighted by atomic mass is 9.98. The van der Waals surface area contributed by atoms with E-state index in [0.717, 1.165) is 0 Å². The van der Waals surface area contributed by atoms with Crippen LogP contribution in [-0.4, -0.2) is 50.6 Å². The van der Waals surface area contributed by atoms with E-state index in [2.05, 4.69) is 0 Å².